The van der Waals surface area contributed by atoms with E-state index in [0.29, 0.717) is 25.1 Å². The van der Waals surface area contributed by atoms with Gasteiger partial charge in [-0.3, -0.25) is 4.79 Å². The molecule has 148 valence electrons. The first kappa shape index (κ1) is 23.9. The molecular weight excluding hydrogens is 332 g/mol. The van der Waals surface area contributed by atoms with Gasteiger partial charge in [-0.1, -0.05) is 32.9 Å². The Balaban J connectivity index is 0.00000141. The molecule has 0 saturated heterocycles. The molecular formula is C20H34N2O4. The number of carboxylic acids is 1. The van der Waals surface area contributed by atoms with Crippen LogP contribution < -0.4 is 15.3 Å². The number of carbonyl (C=O) groups excluding carboxylic acids is 2. The number of hydrogen-bond acceptors (Lipinski definition) is 4. The number of phenolic OH excluding ortho intramolecular Hbond substituents is 1. The van der Waals surface area contributed by atoms with Crippen LogP contribution in [-0.4, -0.2) is 44.2 Å². The Hall–Kier alpha value is -2.08. The maximum absolute atomic E-state index is 11.9. The average molecular weight is 367 g/mol. The smallest absolute Gasteiger partial charge is 0.220 e. The Labute approximate surface area is 157 Å². The zero-order valence-corrected chi connectivity index (χ0v) is 17.2. The first-order valence-corrected chi connectivity index (χ1v) is 8.90. The Morgan fingerprint density at radius 1 is 1.23 bits per heavy atom. The Bertz CT molecular complexity index is 601. The van der Waals surface area contributed by atoms with Gasteiger partial charge in [-0.25, -0.2) is 0 Å². The first-order chi connectivity index (χ1) is 11.8. The molecule has 26 heavy (non-hydrogen) atoms. The average Bonchev–Trinajstić information content (AvgIpc) is 2.46. The van der Waals surface area contributed by atoms with Gasteiger partial charge in [0.1, 0.15) is 5.75 Å². The highest BCUT2D eigenvalue weighted by Gasteiger charge is 2.20. The molecule has 1 rings (SSSR count). The summed E-state index contributed by atoms with van der Waals surface area (Å²) in [6.07, 6.45) is 1.18. The summed E-state index contributed by atoms with van der Waals surface area (Å²) in [4.78, 5) is 22.1. The topological polar surface area (TPSA) is 93.9 Å². The van der Waals surface area contributed by atoms with Gasteiger partial charge in [0.15, 0.2) is 0 Å². The molecule has 0 aliphatic rings. The monoisotopic (exact) mass is 366 g/mol. The lowest BCUT2D eigenvalue weighted by atomic mass is 9.83. The normalized spacial score (nSPS) is 10.9. The Morgan fingerprint density at radius 2 is 1.77 bits per heavy atom. The molecule has 0 radical (unpaired) electrons. The van der Waals surface area contributed by atoms with Gasteiger partial charge in [0.05, 0.1) is 27.2 Å². The lowest BCUT2D eigenvalue weighted by molar-refractivity contribution is -0.856. The van der Waals surface area contributed by atoms with E-state index in [1.807, 2.05) is 19.1 Å². The van der Waals surface area contributed by atoms with Crippen LogP contribution >= 0.6 is 0 Å². The summed E-state index contributed by atoms with van der Waals surface area (Å²) >= 11 is 0. The van der Waals surface area contributed by atoms with Crippen molar-refractivity contribution in [3.8, 4) is 5.75 Å². The van der Waals surface area contributed by atoms with Crippen molar-refractivity contribution < 1.29 is 24.7 Å². The lowest BCUT2D eigenvalue weighted by Gasteiger charge is -2.22. The number of quaternary nitrogens is 1. The van der Waals surface area contributed by atoms with E-state index < -0.39 is 5.97 Å². The maximum atomic E-state index is 11.9. The van der Waals surface area contributed by atoms with E-state index in [0.717, 1.165) is 30.2 Å². The number of rotatable bonds is 6. The number of nitrogens with one attached hydrogen (secondary N) is 2. The third-order valence-electron chi connectivity index (χ3n) is 3.76. The number of aromatic hydroxyl groups is 1. The number of likely N-dealkylation sites (N-methyl/N-ethyl adjacent to an activating group) is 1. The third kappa shape index (κ3) is 10.0. The van der Waals surface area contributed by atoms with Gasteiger partial charge in [-0.15, -0.1) is 0 Å². The zero-order valence-electron chi connectivity index (χ0n) is 17.2. The van der Waals surface area contributed by atoms with Gasteiger partial charge in [0.2, 0.25) is 5.91 Å². The highest BCUT2D eigenvalue weighted by molar-refractivity contribution is 5.76. The van der Waals surface area contributed by atoms with Crippen molar-refractivity contribution >= 4 is 11.9 Å². The van der Waals surface area contributed by atoms with E-state index >= 15 is 0 Å². The summed E-state index contributed by atoms with van der Waals surface area (Å²) in [5, 5.41) is 22.1. The predicted octanol–water partition coefficient (Wildman–Crippen LogP) is -0.0524. The van der Waals surface area contributed by atoms with Crippen LogP contribution in [0, 0.1) is 6.92 Å². The second-order valence-corrected chi connectivity index (χ2v) is 7.86. The van der Waals surface area contributed by atoms with E-state index in [1.54, 1.807) is 0 Å². The summed E-state index contributed by atoms with van der Waals surface area (Å²) < 4.78 is 0. The van der Waals surface area contributed by atoms with Crippen LogP contribution in [0.2, 0.25) is 0 Å². The number of phenols is 1. The highest BCUT2D eigenvalue weighted by atomic mass is 16.4. The van der Waals surface area contributed by atoms with Gasteiger partial charge in [-0.2, -0.15) is 0 Å². The maximum Gasteiger partial charge on any atom is 0.220 e. The van der Waals surface area contributed by atoms with Gasteiger partial charge < -0.3 is 25.2 Å². The van der Waals surface area contributed by atoms with E-state index in [2.05, 4.69) is 40.2 Å². The van der Waals surface area contributed by atoms with Crippen molar-refractivity contribution in [1.29, 1.82) is 0 Å². The van der Waals surface area contributed by atoms with Crippen LogP contribution in [-0.2, 0) is 21.4 Å². The number of amides is 1. The molecule has 1 aromatic rings. The molecule has 0 aromatic heterocycles. The number of hydrogen-bond donors (Lipinski definition) is 3. The minimum absolute atomic E-state index is 0.0873. The van der Waals surface area contributed by atoms with Gasteiger partial charge in [0, 0.05) is 12.4 Å². The van der Waals surface area contributed by atoms with E-state index in [9.17, 15) is 9.90 Å². The van der Waals surface area contributed by atoms with Crippen molar-refractivity contribution in [3.63, 3.8) is 0 Å². The molecule has 1 amide bonds. The molecule has 0 saturated carbocycles. The highest BCUT2D eigenvalue weighted by Crippen LogP contribution is 2.34. The van der Waals surface area contributed by atoms with Crippen LogP contribution in [0.15, 0.2) is 12.1 Å². The van der Waals surface area contributed by atoms with Gasteiger partial charge in [0.25, 0.3) is 0 Å². The van der Waals surface area contributed by atoms with E-state index in [4.69, 9.17) is 9.90 Å². The number of aryl methyl sites for hydroxylation is 2. The predicted molar refractivity (Wildman–Crippen MR) is 101 cm³/mol. The van der Waals surface area contributed by atoms with Crippen molar-refractivity contribution in [2.75, 3.05) is 27.2 Å². The first-order valence-electron chi connectivity index (χ1n) is 8.90. The standard InChI is InChI=1S/C18H30N2O2.C2H4O2/c1-13-11-14(12-15(17(13)22)18(2,3)4)7-8-16(21)19-9-10-20(5)6;1-2(3)4/h11-12,22H,7-10H2,1-6H3,(H,19,21);1H3,(H,3,4). The van der Waals surface area contributed by atoms with Crippen molar-refractivity contribution in [2.45, 2.75) is 52.9 Å². The van der Waals surface area contributed by atoms with Crippen LogP contribution in [0.4, 0.5) is 0 Å². The number of carbonyl (C=O) groups is 2. The zero-order chi connectivity index (χ0) is 20.5. The minimum atomic E-state index is -1.08. The summed E-state index contributed by atoms with van der Waals surface area (Å²) in [5.41, 5.74) is 2.81. The number of aliphatic carboxylic acids is 1. The summed E-state index contributed by atoms with van der Waals surface area (Å²) in [6, 6.07) is 4.00. The fourth-order valence-corrected chi connectivity index (χ4v) is 2.37. The molecule has 1 aromatic carbocycles. The molecule has 0 bridgehead atoms. The van der Waals surface area contributed by atoms with Crippen molar-refractivity contribution in [2.24, 2.45) is 0 Å². The van der Waals surface area contributed by atoms with Crippen LogP contribution in [0.1, 0.15) is 50.8 Å². The van der Waals surface area contributed by atoms with E-state index in [-0.39, 0.29) is 11.3 Å². The van der Waals surface area contributed by atoms with Crippen LogP contribution in [0.5, 0.6) is 5.75 Å². The number of benzene rings is 1. The molecule has 0 heterocycles. The third-order valence-corrected chi connectivity index (χ3v) is 3.76. The molecule has 6 heteroatoms. The molecule has 6 nitrogen and oxygen atoms in total. The Kier molecular flexibility index (Phi) is 9.94. The lowest BCUT2D eigenvalue weighted by Crippen LogP contribution is -3.06. The molecule has 0 atom stereocenters. The van der Waals surface area contributed by atoms with Gasteiger partial charge in [-0.05, 0) is 42.4 Å². The largest absolute Gasteiger partial charge is 0.550 e. The number of carboxylic acid groups (broad SMARTS) is 1. The summed E-state index contributed by atoms with van der Waals surface area (Å²) in [7, 11) is 4.14. The summed E-state index contributed by atoms with van der Waals surface area (Å²) in [5.74, 6) is -0.626. The molecule has 0 aliphatic heterocycles. The van der Waals surface area contributed by atoms with Gasteiger partial charge >= 0.3 is 0 Å². The molecule has 3 N–H and O–H groups in total. The second-order valence-electron chi connectivity index (χ2n) is 7.86. The van der Waals surface area contributed by atoms with Crippen LogP contribution in [0.25, 0.3) is 0 Å². The molecule has 0 spiro atoms. The Morgan fingerprint density at radius 3 is 2.23 bits per heavy atom. The second kappa shape index (κ2) is 10.8. The summed E-state index contributed by atoms with van der Waals surface area (Å²) in [6.45, 7) is 10.8. The fourth-order valence-electron chi connectivity index (χ4n) is 2.37. The van der Waals surface area contributed by atoms with E-state index in [1.165, 1.54) is 4.90 Å². The SMILES string of the molecule is CC(=O)[O-].Cc1cc(CCC(=O)NCC[NH+](C)C)cc(C(C)(C)C)c1O. The van der Waals surface area contributed by atoms with Crippen LogP contribution in [0.3, 0.4) is 0 Å². The van der Waals surface area contributed by atoms with Crippen molar-refractivity contribution in [1.82, 2.24) is 5.32 Å². The minimum Gasteiger partial charge on any atom is -0.550 e. The fraction of sp³-hybridized carbons (Fsp3) is 0.600. The molecule has 0 fully saturated rings. The van der Waals surface area contributed by atoms with Crippen molar-refractivity contribution in [3.05, 3.63) is 28.8 Å². The molecule has 0 unspecified atom stereocenters. The quantitative estimate of drug-likeness (QED) is 0.658. The molecule has 0 aliphatic carbocycles.